The topological polar surface area (TPSA) is 59.4 Å². The Kier molecular flexibility index (Phi) is 6.18. The lowest BCUT2D eigenvalue weighted by molar-refractivity contribution is 0.122. The van der Waals surface area contributed by atoms with Crippen LogP contribution in [0.15, 0.2) is 41.3 Å². The van der Waals surface area contributed by atoms with Gasteiger partial charge in [0.1, 0.15) is 0 Å². The predicted octanol–water partition coefficient (Wildman–Crippen LogP) is 3.91. The van der Waals surface area contributed by atoms with Gasteiger partial charge in [0.25, 0.3) is 5.56 Å². The molecular formula is C23H23F3N4O2. The summed E-state index contributed by atoms with van der Waals surface area (Å²) in [6, 6.07) is 7.76. The van der Waals surface area contributed by atoms with Crippen LogP contribution in [0.1, 0.15) is 16.7 Å². The first-order valence-corrected chi connectivity index (χ1v) is 10.2. The van der Waals surface area contributed by atoms with Gasteiger partial charge in [-0.15, -0.1) is 0 Å². The van der Waals surface area contributed by atoms with Gasteiger partial charge >= 0.3 is 0 Å². The molecule has 32 heavy (non-hydrogen) atoms. The van der Waals surface area contributed by atoms with E-state index in [1.54, 1.807) is 17.7 Å². The normalized spacial score (nSPS) is 14.0. The summed E-state index contributed by atoms with van der Waals surface area (Å²) in [5, 5.41) is 3.15. The molecule has 0 unspecified atom stereocenters. The van der Waals surface area contributed by atoms with E-state index >= 15 is 0 Å². The molecule has 1 fully saturated rings. The summed E-state index contributed by atoms with van der Waals surface area (Å²) in [6.07, 6.45) is 1.55. The minimum Gasteiger partial charge on any atom is -0.378 e. The van der Waals surface area contributed by atoms with E-state index in [0.29, 0.717) is 18.8 Å². The lowest BCUT2D eigenvalue weighted by Crippen LogP contribution is -2.36. The first-order chi connectivity index (χ1) is 15.3. The van der Waals surface area contributed by atoms with Crippen molar-refractivity contribution in [3.63, 3.8) is 0 Å². The molecular weight excluding hydrogens is 421 g/mol. The third-order valence-corrected chi connectivity index (χ3v) is 5.40. The fourth-order valence-corrected chi connectivity index (χ4v) is 3.64. The van der Waals surface area contributed by atoms with Gasteiger partial charge in [0.15, 0.2) is 17.5 Å². The molecule has 0 bridgehead atoms. The fraction of sp³-hybridized carbons (Fsp3) is 0.304. The zero-order valence-corrected chi connectivity index (χ0v) is 17.8. The number of halogens is 3. The SMILES string of the molecule is Cc1cc(N2CCOCC2)ccc1Nc1nc(=O)c(C)cn1Cc1cc(F)c(F)c(F)c1. The number of morpholine rings is 1. The van der Waals surface area contributed by atoms with E-state index in [1.165, 1.54) is 0 Å². The number of anilines is 3. The number of aryl methyl sites for hydroxylation is 2. The third-order valence-electron chi connectivity index (χ3n) is 5.40. The van der Waals surface area contributed by atoms with Crippen molar-refractivity contribution in [2.45, 2.75) is 20.4 Å². The summed E-state index contributed by atoms with van der Waals surface area (Å²) in [5.74, 6) is -3.84. The molecule has 1 saturated heterocycles. The Bertz CT molecular complexity index is 1180. The number of nitrogens with one attached hydrogen (secondary N) is 1. The Morgan fingerprint density at radius 2 is 1.72 bits per heavy atom. The largest absolute Gasteiger partial charge is 0.378 e. The molecule has 0 spiro atoms. The van der Waals surface area contributed by atoms with Crippen LogP contribution in [0.3, 0.4) is 0 Å². The van der Waals surface area contributed by atoms with Crippen molar-refractivity contribution < 1.29 is 17.9 Å². The van der Waals surface area contributed by atoms with Crippen molar-refractivity contribution >= 4 is 17.3 Å². The standard InChI is InChI=1S/C23H23F3N4O2/c1-14-9-17(29-5-7-32-8-6-29)3-4-20(14)27-23-28-22(31)15(2)12-30(23)13-16-10-18(24)21(26)19(25)11-16/h3-4,9-12H,5-8,13H2,1-2H3,(H,27,28,31). The molecule has 0 atom stereocenters. The highest BCUT2D eigenvalue weighted by Crippen LogP contribution is 2.26. The maximum Gasteiger partial charge on any atom is 0.277 e. The second-order valence-electron chi connectivity index (χ2n) is 7.78. The van der Waals surface area contributed by atoms with Crippen LogP contribution in [-0.4, -0.2) is 35.9 Å². The fourth-order valence-electron chi connectivity index (χ4n) is 3.64. The van der Waals surface area contributed by atoms with Gasteiger partial charge in [-0.2, -0.15) is 4.98 Å². The van der Waals surface area contributed by atoms with Gasteiger partial charge in [-0.05, 0) is 55.3 Å². The Morgan fingerprint density at radius 1 is 1.03 bits per heavy atom. The lowest BCUT2D eigenvalue weighted by Gasteiger charge is -2.29. The predicted molar refractivity (Wildman–Crippen MR) is 116 cm³/mol. The van der Waals surface area contributed by atoms with Gasteiger partial charge in [-0.1, -0.05) is 0 Å². The van der Waals surface area contributed by atoms with Crippen molar-refractivity contribution in [1.29, 1.82) is 0 Å². The van der Waals surface area contributed by atoms with Crippen molar-refractivity contribution in [2.75, 3.05) is 36.5 Å². The summed E-state index contributed by atoms with van der Waals surface area (Å²) in [4.78, 5) is 18.5. The number of hydrogen-bond donors (Lipinski definition) is 1. The maximum atomic E-state index is 13.7. The Labute approximate surface area is 183 Å². The van der Waals surface area contributed by atoms with E-state index in [4.69, 9.17) is 4.74 Å². The number of aromatic nitrogens is 2. The van der Waals surface area contributed by atoms with Gasteiger partial charge in [-0.3, -0.25) is 4.79 Å². The van der Waals surface area contributed by atoms with Gasteiger partial charge in [-0.25, -0.2) is 13.2 Å². The number of rotatable bonds is 5. The van der Waals surface area contributed by atoms with E-state index in [0.717, 1.165) is 42.2 Å². The zero-order chi connectivity index (χ0) is 22.8. The summed E-state index contributed by atoms with van der Waals surface area (Å²) in [5.41, 5.74) is 2.91. The molecule has 4 rings (SSSR count). The van der Waals surface area contributed by atoms with E-state index in [1.807, 2.05) is 25.1 Å². The summed E-state index contributed by atoms with van der Waals surface area (Å²) in [7, 11) is 0. The van der Waals surface area contributed by atoms with Crippen LogP contribution in [0.4, 0.5) is 30.5 Å². The summed E-state index contributed by atoms with van der Waals surface area (Å²) < 4.78 is 47.6. The Morgan fingerprint density at radius 3 is 2.38 bits per heavy atom. The van der Waals surface area contributed by atoms with Crippen molar-refractivity contribution in [1.82, 2.24) is 9.55 Å². The molecule has 2 heterocycles. The van der Waals surface area contributed by atoms with E-state index in [9.17, 15) is 18.0 Å². The molecule has 6 nitrogen and oxygen atoms in total. The second kappa shape index (κ2) is 9.04. The molecule has 1 aliphatic heterocycles. The highest BCUT2D eigenvalue weighted by Gasteiger charge is 2.15. The highest BCUT2D eigenvalue weighted by atomic mass is 19.2. The molecule has 9 heteroatoms. The second-order valence-corrected chi connectivity index (χ2v) is 7.78. The maximum absolute atomic E-state index is 13.7. The van der Waals surface area contributed by atoms with Gasteiger partial charge in [0, 0.05) is 36.2 Å². The molecule has 2 aromatic carbocycles. The molecule has 1 aromatic heterocycles. The molecule has 1 aliphatic rings. The van der Waals surface area contributed by atoms with Crippen molar-refractivity contribution in [3.8, 4) is 0 Å². The quantitative estimate of drug-likeness (QED) is 0.605. The summed E-state index contributed by atoms with van der Waals surface area (Å²) in [6.45, 7) is 6.53. The average molecular weight is 444 g/mol. The smallest absolute Gasteiger partial charge is 0.277 e. The molecule has 0 saturated carbocycles. The van der Waals surface area contributed by atoms with E-state index in [2.05, 4.69) is 15.2 Å². The first kappa shape index (κ1) is 21.9. The molecule has 1 N–H and O–H groups in total. The summed E-state index contributed by atoms with van der Waals surface area (Å²) >= 11 is 0. The minimum atomic E-state index is -1.52. The zero-order valence-electron chi connectivity index (χ0n) is 17.8. The molecule has 0 amide bonds. The van der Waals surface area contributed by atoms with Crippen molar-refractivity contribution in [3.05, 3.63) is 81.0 Å². The van der Waals surface area contributed by atoms with Gasteiger partial charge in [0.05, 0.1) is 19.8 Å². The lowest BCUT2D eigenvalue weighted by atomic mass is 10.1. The third kappa shape index (κ3) is 4.62. The van der Waals surface area contributed by atoms with Crippen LogP contribution < -0.4 is 15.8 Å². The van der Waals surface area contributed by atoms with Crippen LogP contribution in [0.25, 0.3) is 0 Å². The highest BCUT2D eigenvalue weighted by molar-refractivity contribution is 5.64. The number of benzene rings is 2. The first-order valence-electron chi connectivity index (χ1n) is 10.2. The minimum absolute atomic E-state index is 0.00448. The molecule has 0 aliphatic carbocycles. The number of hydrogen-bond acceptors (Lipinski definition) is 5. The molecule has 0 radical (unpaired) electrons. The molecule has 3 aromatic rings. The van der Waals surface area contributed by atoms with Gasteiger partial charge in [0.2, 0.25) is 5.95 Å². The van der Waals surface area contributed by atoms with Crippen LogP contribution in [0.2, 0.25) is 0 Å². The Balaban J connectivity index is 1.64. The van der Waals surface area contributed by atoms with Crippen LogP contribution in [-0.2, 0) is 11.3 Å². The van der Waals surface area contributed by atoms with Crippen molar-refractivity contribution in [2.24, 2.45) is 0 Å². The van der Waals surface area contributed by atoms with Gasteiger partial charge < -0.3 is 19.5 Å². The monoisotopic (exact) mass is 444 g/mol. The van der Waals surface area contributed by atoms with E-state index in [-0.39, 0.29) is 18.1 Å². The number of nitrogens with zero attached hydrogens (tertiary/aromatic N) is 3. The van der Waals surface area contributed by atoms with E-state index < -0.39 is 23.0 Å². The average Bonchev–Trinajstić information content (AvgIpc) is 2.77. The van der Waals surface area contributed by atoms with Crippen LogP contribution >= 0.6 is 0 Å². The number of ether oxygens (including phenoxy) is 1. The van der Waals surface area contributed by atoms with Crippen LogP contribution in [0, 0.1) is 31.3 Å². The Hall–Kier alpha value is -3.33. The van der Waals surface area contributed by atoms with Crippen LogP contribution in [0.5, 0.6) is 0 Å². The molecule has 168 valence electrons.